The fourth-order valence-corrected chi connectivity index (χ4v) is 2.48. The molecule has 0 aromatic heterocycles. The van der Waals surface area contributed by atoms with Gasteiger partial charge >= 0.3 is 0 Å². The van der Waals surface area contributed by atoms with Gasteiger partial charge in [0, 0.05) is 13.1 Å². The van der Waals surface area contributed by atoms with Crippen molar-refractivity contribution in [2.24, 2.45) is 0 Å². The number of carbonyl (C=O) groups is 1. The molecule has 2 heterocycles. The van der Waals surface area contributed by atoms with E-state index < -0.39 is 11.6 Å². The van der Waals surface area contributed by atoms with E-state index in [1.807, 2.05) is 32.0 Å². The average molecular weight is 292 g/mol. The lowest BCUT2D eigenvalue weighted by molar-refractivity contribution is -0.136. The molecule has 1 saturated heterocycles. The summed E-state index contributed by atoms with van der Waals surface area (Å²) >= 11 is 0. The summed E-state index contributed by atoms with van der Waals surface area (Å²) in [4.78, 5) is 12.3. The predicted molar refractivity (Wildman–Crippen MR) is 76.3 cm³/mol. The van der Waals surface area contributed by atoms with E-state index in [0.717, 1.165) is 17.9 Å². The Morgan fingerprint density at radius 3 is 2.90 bits per heavy atom. The minimum Gasteiger partial charge on any atom is -0.454 e. The zero-order valence-corrected chi connectivity index (χ0v) is 12.3. The Bertz CT molecular complexity index is 538. The summed E-state index contributed by atoms with van der Waals surface area (Å²) < 4.78 is 16.2. The first-order valence-electron chi connectivity index (χ1n) is 7.11. The van der Waals surface area contributed by atoms with Gasteiger partial charge in [0.05, 0.1) is 12.1 Å². The molecule has 1 aromatic carbocycles. The molecular formula is C15H20N2O4. The Hall–Kier alpha value is -1.79. The minimum absolute atomic E-state index is 0.107. The molecule has 0 saturated carbocycles. The van der Waals surface area contributed by atoms with Crippen LogP contribution in [0.5, 0.6) is 11.5 Å². The maximum absolute atomic E-state index is 12.3. The Balaban J connectivity index is 1.72. The van der Waals surface area contributed by atoms with Crippen LogP contribution in [0.25, 0.3) is 0 Å². The van der Waals surface area contributed by atoms with Gasteiger partial charge < -0.3 is 24.8 Å². The average Bonchev–Trinajstić information content (AvgIpc) is 2.95. The van der Waals surface area contributed by atoms with Gasteiger partial charge in [-0.3, -0.25) is 4.79 Å². The van der Waals surface area contributed by atoms with Crippen molar-refractivity contribution in [1.82, 2.24) is 10.6 Å². The summed E-state index contributed by atoms with van der Waals surface area (Å²) in [6.45, 7) is 6.05. The standard InChI is InChI=1S/C15H20N2O4/c1-15(2,17-14(18)13-8-16-5-6-19-13)10-3-4-11-12(7-10)21-9-20-11/h3-4,7,13,16H,5-6,8-9H2,1-2H3,(H,17,18). The van der Waals surface area contributed by atoms with Gasteiger partial charge in [-0.25, -0.2) is 0 Å². The highest BCUT2D eigenvalue weighted by atomic mass is 16.7. The Kier molecular flexibility index (Phi) is 3.73. The monoisotopic (exact) mass is 292 g/mol. The van der Waals surface area contributed by atoms with Gasteiger partial charge in [0.2, 0.25) is 6.79 Å². The molecule has 3 rings (SSSR count). The number of morpholine rings is 1. The molecule has 0 radical (unpaired) electrons. The molecule has 1 aromatic rings. The van der Waals surface area contributed by atoms with Crippen molar-refractivity contribution in [2.75, 3.05) is 26.5 Å². The number of hydrogen-bond acceptors (Lipinski definition) is 5. The van der Waals surface area contributed by atoms with Crippen LogP contribution >= 0.6 is 0 Å². The Morgan fingerprint density at radius 1 is 1.33 bits per heavy atom. The van der Waals surface area contributed by atoms with Crippen LogP contribution in [0.4, 0.5) is 0 Å². The van der Waals surface area contributed by atoms with Gasteiger partial charge in [-0.1, -0.05) is 6.07 Å². The van der Waals surface area contributed by atoms with E-state index in [-0.39, 0.29) is 12.7 Å². The van der Waals surface area contributed by atoms with Crippen LogP contribution in [0.1, 0.15) is 19.4 Å². The van der Waals surface area contributed by atoms with Crippen LogP contribution < -0.4 is 20.1 Å². The van der Waals surface area contributed by atoms with Crippen molar-refractivity contribution in [3.63, 3.8) is 0 Å². The molecule has 1 atom stereocenters. The normalized spacial score (nSPS) is 21.1. The van der Waals surface area contributed by atoms with Crippen molar-refractivity contribution in [2.45, 2.75) is 25.5 Å². The number of rotatable bonds is 3. The number of carbonyl (C=O) groups excluding carboxylic acids is 1. The topological polar surface area (TPSA) is 68.8 Å². The molecule has 2 aliphatic rings. The Morgan fingerprint density at radius 2 is 2.14 bits per heavy atom. The van der Waals surface area contributed by atoms with E-state index in [1.165, 1.54) is 0 Å². The van der Waals surface area contributed by atoms with E-state index in [1.54, 1.807) is 0 Å². The Labute approximate surface area is 123 Å². The summed E-state index contributed by atoms with van der Waals surface area (Å²) in [5.41, 5.74) is 0.447. The highest BCUT2D eigenvalue weighted by Crippen LogP contribution is 2.35. The summed E-state index contributed by atoms with van der Waals surface area (Å²) in [7, 11) is 0. The third kappa shape index (κ3) is 2.96. The first kappa shape index (κ1) is 14.2. The van der Waals surface area contributed by atoms with E-state index in [0.29, 0.717) is 18.9 Å². The lowest BCUT2D eigenvalue weighted by Crippen LogP contribution is -2.52. The molecule has 6 nitrogen and oxygen atoms in total. The number of benzene rings is 1. The second kappa shape index (κ2) is 5.54. The number of hydrogen-bond donors (Lipinski definition) is 2. The second-order valence-electron chi connectivity index (χ2n) is 5.75. The van der Waals surface area contributed by atoms with Crippen LogP contribution in [-0.4, -0.2) is 38.5 Å². The minimum atomic E-state index is -0.515. The van der Waals surface area contributed by atoms with Crippen molar-refractivity contribution in [3.8, 4) is 11.5 Å². The first-order valence-corrected chi connectivity index (χ1v) is 7.11. The van der Waals surface area contributed by atoms with Gasteiger partial charge in [0.15, 0.2) is 11.5 Å². The van der Waals surface area contributed by atoms with Crippen LogP contribution in [0, 0.1) is 0 Å². The van der Waals surface area contributed by atoms with E-state index in [9.17, 15) is 4.79 Å². The molecule has 0 spiro atoms. The lowest BCUT2D eigenvalue weighted by Gasteiger charge is -2.31. The highest BCUT2D eigenvalue weighted by Gasteiger charge is 2.30. The van der Waals surface area contributed by atoms with Gasteiger partial charge in [-0.15, -0.1) is 0 Å². The van der Waals surface area contributed by atoms with Crippen LogP contribution in [-0.2, 0) is 15.1 Å². The van der Waals surface area contributed by atoms with E-state index >= 15 is 0 Å². The molecule has 0 bridgehead atoms. The first-order chi connectivity index (χ1) is 10.1. The SMILES string of the molecule is CC(C)(NC(=O)C1CNCCO1)c1ccc2c(c1)OCO2. The molecule has 114 valence electrons. The van der Waals surface area contributed by atoms with E-state index in [2.05, 4.69) is 10.6 Å². The molecule has 2 N–H and O–H groups in total. The van der Waals surface area contributed by atoms with Gasteiger partial charge in [0.1, 0.15) is 6.10 Å². The summed E-state index contributed by atoms with van der Waals surface area (Å²) in [5.74, 6) is 1.34. The molecule has 1 fully saturated rings. The second-order valence-corrected chi connectivity index (χ2v) is 5.75. The summed E-state index contributed by atoms with van der Waals surface area (Å²) in [6, 6.07) is 5.71. The number of fused-ring (bicyclic) bond motifs is 1. The maximum Gasteiger partial charge on any atom is 0.251 e. The third-order valence-corrected chi connectivity index (χ3v) is 3.75. The molecule has 1 unspecified atom stereocenters. The molecule has 21 heavy (non-hydrogen) atoms. The molecular weight excluding hydrogens is 272 g/mol. The van der Waals surface area contributed by atoms with Crippen molar-refractivity contribution >= 4 is 5.91 Å². The van der Waals surface area contributed by atoms with Crippen molar-refractivity contribution < 1.29 is 19.0 Å². The number of amides is 1. The smallest absolute Gasteiger partial charge is 0.251 e. The van der Waals surface area contributed by atoms with Crippen molar-refractivity contribution in [1.29, 1.82) is 0 Å². The molecule has 0 aliphatic carbocycles. The lowest BCUT2D eigenvalue weighted by atomic mass is 9.93. The number of nitrogens with one attached hydrogen (secondary N) is 2. The van der Waals surface area contributed by atoms with Crippen molar-refractivity contribution in [3.05, 3.63) is 23.8 Å². The van der Waals surface area contributed by atoms with Crippen LogP contribution in [0.3, 0.4) is 0 Å². The van der Waals surface area contributed by atoms with Gasteiger partial charge in [-0.05, 0) is 31.5 Å². The summed E-state index contributed by atoms with van der Waals surface area (Å²) in [6.07, 6.45) is -0.438. The quantitative estimate of drug-likeness (QED) is 0.860. The van der Waals surface area contributed by atoms with Gasteiger partial charge in [0.25, 0.3) is 5.91 Å². The van der Waals surface area contributed by atoms with E-state index in [4.69, 9.17) is 14.2 Å². The predicted octanol–water partition coefficient (Wildman–Crippen LogP) is 0.755. The largest absolute Gasteiger partial charge is 0.454 e. The molecule has 6 heteroatoms. The third-order valence-electron chi connectivity index (χ3n) is 3.75. The molecule has 1 amide bonds. The van der Waals surface area contributed by atoms with Crippen LogP contribution in [0.15, 0.2) is 18.2 Å². The zero-order valence-electron chi connectivity index (χ0n) is 12.3. The molecule has 2 aliphatic heterocycles. The zero-order chi connectivity index (χ0) is 14.9. The summed E-state index contributed by atoms with van der Waals surface area (Å²) in [5, 5.41) is 6.19. The number of ether oxygens (including phenoxy) is 3. The van der Waals surface area contributed by atoms with Crippen LogP contribution in [0.2, 0.25) is 0 Å². The maximum atomic E-state index is 12.3. The van der Waals surface area contributed by atoms with Gasteiger partial charge in [-0.2, -0.15) is 0 Å². The fourth-order valence-electron chi connectivity index (χ4n) is 2.48. The highest BCUT2D eigenvalue weighted by molar-refractivity contribution is 5.82. The fraction of sp³-hybridized carbons (Fsp3) is 0.533.